The number of amides is 1. The maximum Gasteiger partial charge on any atom is 0.257 e. The van der Waals surface area contributed by atoms with Crippen molar-refractivity contribution in [1.29, 1.82) is 0 Å². The fraction of sp³-hybridized carbons (Fsp3) is 0.238. The predicted octanol–water partition coefficient (Wildman–Crippen LogP) is 5.63. The maximum atomic E-state index is 12.5. The van der Waals surface area contributed by atoms with Gasteiger partial charge in [0.1, 0.15) is 0 Å². The van der Waals surface area contributed by atoms with E-state index in [4.69, 9.17) is 0 Å². The fourth-order valence-electron chi connectivity index (χ4n) is 2.74. The van der Waals surface area contributed by atoms with Crippen molar-refractivity contribution in [3.8, 4) is 11.3 Å². The lowest BCUT2D eigenvalue weighted by Gasteiger charge is -2.06. The van der Waals surface area contributed by atoms with E-state index in [1.807, 2.05) is 37.4 Å². The molecule has 128 valence electrons. The third kappa shape index (κ3) is 4.15. The minimum Gasteiger partial charge on any atom is -0.298 e. The molecule has 0 bridgehead atoms. The molecule has 0 spiro atoms. The number of carbonyl (C=O) groups excluding carboxylic acids is 1. The predicted molar refractivity (Wildman–Crippen MR) is 105 cm³/mol. The Bertz CT molecular complexity index is 881. The number of aryl methyl sites for hydroxylation is 3. The van der Waals surface area contributed by atoms with Gasteiger partial charge in [-0.25, -0.2) is 4.98 Å². The number of carbonyl (C=O) groups is 1. The first-order valence-corrected chi connectivity index (χ1v) is 9.38. The van der Waals surface area contributed by atoms with E-state index in [0.29, 0.717) is 10.7 Å². The Hall–Kier alpha value is -2.46. The van der Waals surface area contributed by atoms with E-state index in [9.17, 15) is 4.79 Å². The Morgan fingerprint density at radius 3 is 2.60 bits per heavy atom. The lowest BCUT2D eigenvalue weighted by atomic mass is 10.1. The highest BCUT2D eigenvalue weighted by molar-refractivity contribution is 7.14. The molecule has 2 aromatic carbocycles. The van der Waals surface area contributed by atoms with E-state index in [0.717, 1.165) is 35.2 Å². The van der Waals surface area contributed by atoms with Crippen molar-refractivity contribution >= 4 is 22.4 Å². The summed E-state index contributed by atoms with van der Waals surface area (Å²) in [5.74, 6) is -0.111. The first kappa shape index (κ1) is 17.4. The average Bonchev–Trinajstić information content (AvgIpc) is 3.06. The highest BCUT2D eigenvalue weighted by Crippen LogP contribution is 2.26. The molecule has 0 aliphatic heterocycles. The molecule has 25 heavy (non-hydrogen) atoms. The summed E-state index contributed by atoms with van der Waals surface area (Å²) in [6, 6.07) is 14.4. The van der Waals surface area contributed by atoms with Crippen molar-refractivity contribution in [3.05, 3.63) is 70.1 Å². The van der Waals surface area contributed by atoms with Crippen molar-refractivity contribution in [2.45, 2.75) is 33.6 Å². The molecule has 3 aromatic rings. The van der Waals surface area contributed by atoms with Gasteiger partial charge in [-0.3, -0.25) is 10.1 Å². The number of rotatable bonds is 5. The molecule has 1 aromatic heterocycles. The molecular weight excluding hydrogens is 328 g/mol. The topological polar surface area (TPSA) is 42.0 Å². The molecule has 3 nitrogen and oxygen atoms in total. The van der Waals surface area contributed by atoms with Crippen LogP contribution in [0.15, 0.2) is 47.8 Å². The van der Waals surface area contributed by atoms with Crippen LogP contribution in [-0.4, -0.2) is 10.9 Å². The van der Waals surface area contributed by atoms with Crippen LogP contribution in [-0.2, 0) is 6.42 Å². The van der Waals surface area contributed by atoms with Crippen molar-refractivity contribution < 1.29 is 4.79 Å². The highest BCUT2D eigenvalue weighted by atomic mass is 32.1. The number of nitrogens with one attached hydrogen (secondary N) is 1. The molecule has 0 aliphatic rings. The summed E-state index contributed by atoms with van der Waals surface area (Å²) in [6.45, 7) is 6.11. The average molecular weight is 350 g/mol. The van der Waals surface area contributed by atoms with Gasteiger partial charge < -0.3 is 0 Å². The molecule has 0 saturated heterocycles. The molecular formula is C21H22N2OS. The fourth-order valence-corrected chi connectivity index (χ4v) is 3.45. The van der Waals surface area contributed by atoms with E-state index in [1.54, 1.807) is 0 Å². The van der Waals surface area contributed by atoms with Crippen LogP contribution in [0.2, 0.25) is 0 Å². The first-order valence-electron chi connectivity index (χ1n) is 8.50. The molecule has 0 saturated carbocycles. The minimum absolute atomic E-state index is 0.111. The Balaban J connectivity index is 1.75. The lowest BCUT2D eigenvalue weighted by molar-refractivity contribution is 0.102. The van der Waals surface area contributed by atoms with Crippen molar-refractivity contribution in [3.63, 3.8) is 0 Å². The van der Waals surface area contributed by atoms with Gasteiger partial charge in [-0.2, -0.15) is 0 Å². The smallest absolute Gasteiger partial charge is 0.257 e. The minimum atomic E-state index is -0.111. The number of nitrogens with zero attached hydrogens (tertiary/aromatic N) is 1. The molecule has 4 heteroatoms. The summed E-state index contributed by atoms with van der Waals surface area (Å²) in [7, 11) is 0. The van der Waals surface area contributed by atoms with E-state index in [-0.39, 0.29) is 5.91 Å². The second kappa shape index (κ2) is 7.62. The summed E-state index contributed by atoms with van der Waals surface area (Å²) in [6.07, 6.45) is 2.24. The number of benzene rings is 2. The zero-order valence-corrected chi connectivity index (χ0v) is 15.6. The third-order valence-corrected chi connectivity index (χ3v) is 4.91. The molecule has 0 atom stereocenters. The van der Waals surface area contributed by atoms with Gasteiger partial charge in [0.2, 0.25) is 0 Å². The van der Waals surface area contributed by atoms with Gasteiger partial charge in [-0.15, -0.1) is 11.3 Å². The number of hydrogen-bond donors (Lipinski definition) is 1. The number of aromatic nitrogens is 1. The number of thiazole rings is 1. The Morgan fingerprint density at radius 2 is 1.88 bits per heavy atom. The van der Waals surface area contributed by atoms with Crippen LogP contribution in [0.1, 0.15) is 40.4 Å². The van der Waals surface area contributed by atoms with E-state index >= 15 is 0 Å². The molecule has 0 radical (unpaired) electrons. The summed E-state index contributed by atoms with van der Waals surface area (Å²) < 4.78 is 0. The van der Waals surface area contributed by atoms with Gasteiger partial charge >= 0.3 is 0 Å². The molecule has 1 N–H and O–H groups in total. The van der Waals surface area contributed by atoms with Gasteiger partial charge in [0, 0.05) is 16.5 Å². The van der Waals surface area contributed by atoms with Crippen LogP contribution < -0.4 is 5.32 Å². The Labute approximate surface area is 152 Å². The largest absolute Gasteiger partial charge is 0.298 e. The van der Waals surface area contributed by atoms with Gasteiger partial charge in [-0.1, -0.05) is 55.3 Å². The van der Waals surface area contributed by atoms with Crippen LogP contribution in [0, 0.1) is 13.8 Å². The monoisotopic (exact) mass is 350 g/mol. The standard InChI is InChI=1S/C21H22N2OS/c1-4-5-16-8-10-17(11-9-16)19-13-25-21(22-19)23-20(24)18-12-14(2)6-7-15(18)3/h6-13H,4-5H2,1-3H3,(H,22,23,24). The van der Waals surface area contributed by atoms with Crippen LogP contribution in [0.3, 0.4) is 0 Å². The van der Waals surface area contributed by atoms with Crippen LogP contribution in [0.5, 0.6) is 0 Å². The quantitative estimate of drug-likeness (QED) is 0.648. The third-order valence-electron chi connectivity index (χ3n) is 4.15. The molecule has 0 aliphatic carbocycles. The SMILES string of the molecule is CCCc1ccc(-c2csc(NC(=O)c3cc(C)ccc3C)n2)cc1. The number of hydrogen-bond acceptors (Lipinski definition) is 3. The Kier molecular flexibility index (Phi) is 5.29. The summed E-state index contributed by atoms with van der Waals surface area (Å²) >= 11 is 1.45. The first-order chi connectivity index (χ1) is 12.1. The molecule has 3 rings (SSSR count). The maximum absolute atomic E-state index is 12.5. The van der Waals surface area contributed by atoms with E-state index < -0.39 is 0 Å². The second-order valence-electron chi connectivity index (χ2n) is 6.26. The second-order valence-corrected chi connectivity index (χ2v) is 7.12. The van der Waals surface area contributed by atoms with Crippen LogP contribution in [0.25, 0.3) is 11.3 Å². The normalized spacial score (nSPS) is 10.7. The molecule has 1 heterocycles. The van der Waals surface area contributed by atoms with E-state index in [2.05, 4.69) is 41.5 Å². The molecule has 1 amide bonds. The van der Waals surface area contributed by atoms with Gasteiger partial charge in [0.15, 0.2) is 5.13 Å². The molecule has 0 fully saturated rings. The van der Waals surface area contributed by atoms with Gasteiger partial charge in [0.05, 0.1) is 5.69 Å². The summed E-state index contributed by atoms with van der Waals surface area (Å²) in [4.78, 5) is 17.1. The summed E-state index contributed by atoms with van der Waals surface area (Å²) in [5.41, 5.74) is 6.03. The van der Waals surface area contributed by atoms with Crippen LogP contribution >= 0.6 is 11.3 Å². The van der Waals surface area contributed by atoms with Gasteiger partial charge in [0.25, 0.3) is 5.91 Å². The van der Waals surface area contributed by atoms with Crippen LogP contribution in [0.4, 0.5) is 5.13 Å². The van der Waals surface area contributed by atoms with Gasteiger partial charge in [-0.05, 0) is 37.5 Å². The van der Waals surface area contributed by atoms with E-state index in [1.165, 1.54) is 16.9 Å². The number of anilines is 1. The van der Waals surface area contributed by atoms with Crippen molar-refractivity contribution in [2.75, 3.05) is 5.32 Å². The lowest BCUT2D eigenvalue weighted by Crippen LogP contribution is -2.13. The zero-order valence-electron chi connectivity index (χ0n) is 14.8. The molecule has 0 unspecified atom stereocenters. The van der Waals surface area contributed by atoms with Crippen molar-refractivity contribution in [2.24, 2.45) is 0 Å². The zero-order chi connectivity index (χ0) is 17.8. The highest BCUT2D eigenvalue weighted by Gasteiger charge is 2.12. The Morgan fingerprint density at radius 1 is 1.12 bits per heavy atom. The van der Waals surface area contributed by atoms with Crippen molar-refractivity contribution in [1.82, 2.24) is 4.98 Å². The summed E-state index contributed by atoms with van der Waals surface area (Å²) in [5, 5.41) is 5.52.